The monoisotopic (exact) mass is 355 g/mol. The van der Waals surface area contributed by atoms with E-state index >= 15 is 0 Å². The third kappa shape index (κ3) is 3.18. The van der Waals surface area contributed by atoms with E-state index in [1.165, 1.54) is 14.0 Å². The van der Waals surface area contributed by atoms with Gasteiger partial charge in [-0.2, -0.15) is 4.42 Å². The van der Waals surface area contributed by atoms with E-state index in [0.29, 0.717) is 3.79 Å². The van der Waals surface area contributed by atoms with Gasteiger partial charge in [0.15, 0.2) is 0 Å². The van der Waals surface area contributed by atoms with Crippen molar-refractivity contribution in [1.29, 1.82) is 0 Å². The molecule has 1 amide bonds. The van der Waals surface area contributed by atoms with Crippen molar-refractivity contribution in [2.75, 3.05) is 11.5 Å². The molecular weight excluding hydrogens is 350 g/mol. The number of hydrogen-bond acceptors (Lipinski definition) is 6. The standard InChI is InChI=1S/C8H7BrClN3O4S/c1-3(14)13(10)8-11-4(6(9)18-8)5(7(15)16)12-17-2/h1-2H3,(H,15,16). The van der Waals surface area contributed by atoms with Crippen molar-refractivity contribution in [3.8, 4) is 0 Å². The van der Waals surface area contributed by atoms with Crippen LogP contribution in [-0.4, -0.2) is 34.8 Å². The second kappa shape index (κ2) is 6.12. The fraction of sp³-hybridized carbons (Fsp3) is 0.250. The Morgan fingerprint density at radius 2 is 2.22 bits per heavy atom. The summed E-state index contributed by atoms with van der Waals surface area (Å²) in [5.74, 6) is -1.75. The molecule has 0 fully saturated rings. The predicted molar refractivity (Wildman–Crippen MR) is 70.0 cm³/mol. The van der Waals surface area contributed by atoms with Crippen molar-refractivity contribution in [1.82, 2.24) is 4.98 Å². The number of carbonyl (C=O) groups excluding carboxylic acids is 1. The quantitative estimate of drug-likeness (QED) is 0.505. The van der Waals surface area contributed by atoms with Gasteiger partial charge in [0.1, 0.15) is 16.6 Å². The van der Waals surface area contributed by atoms with Crippen LogP contribution in [0.4, 0.5) is 5.13 Å². The van der Waals surface area contributed by atoms with Gasteiger partial charge in [0.05, 0.1) is 0 Å². The van der Waals surface area contributed by atoms with Crippen LogP contribution in [0.5, 0.6) is 0 Å². The average molecular weight is 357 g/mol. The molecule has 7 nitrogen and oxygen atoms in total. The number of carboxylic acid groups (broad SMARTS) is 1. The van der Waals surface area contributed by atoms with Crippen LogP contribution in [0, 0.1) is 0 Å². The van der Waals surface area contributed by atoms with E-state index in [1.807, 2.05) is 0 Å². The molecule has 0 aliphatic heterocycles. The lowest BCUT2D eigenvalue weighted by molar-refractivity contribution is -0.129. The van der Waals surface area contributed by atoms with Crippen LogP contribution in [-0.2, 0) is 14.4 Å². The molecule has 1 heterocycles. The maximum Gasteiger partial charge on any atom is 0.360 e. The van der Waals surface area contributed by atoms with Gasteiger partial charge < -0.3 is 9.94 Å². The van der Waals surface area contributed by atoms with E-state index in [0.717, 1.165) is 15.8 Å². The Morgan fingerprint density at radius 1 is 1.61 bits per heavy atom. The van der Waals surface area contributed by atoms with Gasteiger partial charge in [-0.3, -0.25) is 4.79 Å². The Morgan fingerprint density at radius 3 is 2.67 bits per heavy atom. The minimum atomic E-state index is -1.31. The molecule has 0 radical (unpaired) electrons. The molecule has 0 spiro atoms. The molecule has 10 heteroatoms. The number of anilines is 1. The lowest BCUT2D eigenvalue weighted by atomic mass is 10.3. The SMILES string of the molecule is CON=C(C(=O)O)c1nc(N(Cl)C(C)=O)sc1Br. The van der Waals surface area contributed by atoms with Crippen molar-refractivity contribution < 1.29 is 19.5 Å². The van der Waals surface area contributed by atoms with Gasteiger partial charge in [0.25, 0.3) is 0 Å². The van der Waals surface area contributed by atoms with Gasteiger partial charge in [-0.05, 0) is 15.9 Å². The third-order valence-electron chi connectivity index (χ3n) is 1.63. The molecule has 0 saturated carbocycles. The molecule has 1 N–H and O–H groups in total. The van der Waals surface area contributed by atoms with Crippen molar-refractivity contribution in [2.45, 2.75) is 6.92 Å². The van der Waals surface area contributed by atoms with E-state index < -0.39 is 11.9 Å². The van der Waals surface area contributed by atoms with Crippen molar-refractivity contribution in [3.63, 3.8) is 0 Å². The molecule has 1 rings (SSSR count). The van der Waals surface area contributed by atoms with Crippen LogP contribution < -0.4 is 4.42 Å². The van der Waals surface area contributed by atoms with Crippen LogP contribution in [0.1, 0.15) is 12.6 Å². The predicted octanol–water partition coefficient (Wildman–Crippen LogP) is 1.85. The van der Waals surface area contributed by atoms with Crippen LogP contribution in [0.2, 0.25) is 0 Å². The highest BCUT2D eigenvalue weighted by Crippen LogP contribution is 2.32. The number of aliphatic carboxylic acids is 1. The van der Waals surface area contributed by atoms with Gasteiger partial charge in [-0.25, -0.2) is 9.78 Å². The maximum absolute atomic E-state index is 11.1. The zero-order chi connectivity index (χ0) is 13.9. The summed E-state index contributed by atoms with van der Waals surface area (Å²) in [7, 11) is 1.22. The summed E-state index contributed by atoms with van der Waals surface area (Å²) in [4.78, 5) is 30.4. The minimum absolute atomic E-state index is 0.0382. The molecule has 0 aliphatic carbocycles. The molecule has 0 atom stereocenters. The largest absolute Gasteiger partial charge is 0.476 e. The van der Waals surface area contributed by atoms with E-state index in [4.69, 9.17) is 16.9 Å². The highest BCUT2D eigenvalue weighted by atomic mass is 79.9. The van der Waals surface area contributed by atoms with Crippen molar-refractivity contribution >= 4 is 61.8 Å². The number of aromatic nitrogens is 1. The first kappa shape index (κ1) is 14.9. The van der Waals surface area contributed by atoms with Crippen LogP contribution >= 0.6 is 39.0 Å². The Hall–Kier alpha value is -1.19. The molecule has 1 aromatic rings. The van der Waals surface area contributed by atoms with E-state index in [9.17, 15) is 9.59 Å². The molecule has 0 bridgehead atoms. The molecule has 0 unspecified atom stereocenters. The summed E-state index contributed by atoms with van der Waals surface area (Å²) in [6.07, 6.45) is 0. The fourth-order valence-corrected chi connectivity index (χ4v) is 2.53. The number of nitrogens with zero attached hydrogens (tertiary/aromatic N) is 3. The summed E-state index contributed by atoms with van der Waals surface area (Å²) in [5.41, 5.74) is -0.350. The summed E-state index contributed by atoms with van der Waals surface area (Å²) >= 11 is 9.81. The highest BCUT2D eigenvalue weighted by molar-refractivity contribution is 9.11. The molecule has 18 heavy (non-hydrogen) atoms. The smallest absolute Gasteiger partial charge is 0.360 e. The number of oxime groups is 1. The second-order valence-electron chi connectivity index (χ2n) is 2.85. The van der Waals surface area contributed by atoms with Gasteiger partial charge in [0.2, 0.25) is 16.8 Å². The van der Waals surface area contributed by atoms with E-state index in [1.54, 1.807) is 0 Å². The summed E-state index contributed by atoms with van der Waals surface area (Å²) in [6.45, 7) is 1.25. The average Bonchev–Trinajstić information content (AvgIpc) is 2.66. The summed E-state index contributed by atoms with van der Waals surface area (Å²) in [5, 5.41) is 12.5. The maximum atomic E-state index is 11.1. The Kier molecular flexibility index (Phi) is 5.05. The van der Waals surface area contributed by atoms with Crippen molar-refractivity contribution in [2.24, 2.45) is 5.16 Å². The summed E-state index contributed by atoms with van der Waals surface area (Å²) < 4.78 is 1.16. The molecule has 0 aromatic carbocycles. The molecule has 0 saturated heterocycles. The number of amides is 1. The van der Waals surface area contributed by atoms with E-state index in [-0.39, 0.29) is 16.5 Å². The number of carboxylic acids is 1. The zero-order valence-corrected chi connectivity index (χ0v) is 12.3. The second-order valence-corrected chi connectivity index (χ2v) is 5.48. The molecule has 98 valence electrons. The normalized spacial score (nSPS) is 11.2. The first-order chi connectivity index (χ1) is 8.38. The number of carbonyl (C=O) groups is 2. The molecular formula is C8H7BrClN3O4S. The summed E-state index contributed by atoms with van der Waals surface area (Å²) in [6, 6.07) is 0. The third-order valence-corrected chi connectivity index (χ3v) is 3.82. The minimum Gasteiger partial charge on any atom is -0.476 e. The van der Waals surface area contributed by atoms with Gasteiger partial charge in [-0.1, -0.05) is 16.5 Å². The lowest BCUT2D eigenvalue weighted by Crippen LogP contribution is -2.18. The van der Waals surface area contributed by atoms with Gasteiger partial charge >= 0.3 is 5.97 Å². The number of hydrogen-bond donors (Lipinski definition) is 1. The first-order valence-corrected chi connectivity index (χ1v) is 6.30. The topological polar surface area (TPSA) is 92.1 Å². The van der Waals surface area contributed by atoms with Gasteiger partial charge in [-0.15, -0.1) is 0 Å². The van der Waals surface area contributed by atoms with E-state index in [2.05, 4.69) is 30.9 Å². The Balaban J connectivity index is 3.22. The van der Waals surface area contributed by atoms with Crippen molar-refractivity contribution in [3.05, 3.63) is 9.48 Å². The van der Waals surface area contributed by atoms with Crippen LogP contribution in [0.15, 0.2) is 8.94 Å². The Bertz CT molecular complexity index is 518. The Labute approximate surface area is 119 Å². The van der Waals surface area contributed by atoms with Crippen LogP contribution in [0.3, 0.4) is 0 Å². The number of rotatable bonds is 4. The fourth-order valence-electron chi connectivity index (χ4n) is 0.930. The number of halogens is 2. The highest BCUT2D eigenvalue weighted by Gasteiger charge is 2.24. The van der Waals surface area contributed by atoms with Crippen LogP contribution in [0.25, 0.3) is 0 Å². The first-order valence-electron chi connectivity index (χ1n) is 4.36. The zero-order valence-electron chi connectivity index (χ0n) is 9.18. The molecule has 1 aromatic heterocycles. The molecule has 0 aliphatic rings. The van der Waals surface area contributed by atoms with Gasteiger partial charge in [0, 0.05) is 18.7 Å². The number of thiazole rings is 1. The lowest BCUT2D eigenvalue weighted by Gasteiger charge is -2.05.